The van der Waals surface area contributed by atoms with Crippen LogP contribution in [0.4, 0.5) is 0 Å². The number of rotatable bonds is 11. The van der Waals surface area contributed by atoms with Gasteiger partial charge >= 0.3 is 5.69 Å². The molecule has 0 saturated heterocycles. The van der Waals surface area contributed by atoms with Crippen LogP contribution in [0, 0.1) is 0 Å². The molecule has 37 heavy (non-hydrogen) atoms. The first-order chi connectivity index (χ1) is 18.1. The van der Waals surface area contributed by atoms with E-state index in [1.807, 2.05) is 41.5 Å². The van der Waals surface area contributed by atoms with Crippen molar-refractivity contribution >= 4 is 6.21 Å². The summed E-state index contributed by atoms with van der Waals surface area (Å²) in [6.45, 7) is 5.66. The van der Waals surface area contributed by atoms with Gasteiger partial charge in [-0.2, -0.15) is 5.21 Å². The third-order valence-electron chi connectivity index (χ3n) is 7.03. The quantitative estimate of drug-likeness (QED) is 0.334. The fourth-order valence-corrected chi connectivity index (χ4v) is 4.91. The number of hydrogen-bond donors (Lipinski definition) is 1. The highest BCUT2D eigenvalue weighted by Crippen LogP contribution is 2.35. The van der Waals surface area contributed by atoms with Crippen molar-refractivity contribution in [1.29, 1.82) is 0 Å². The molecule has 1 atom stereocenters. The number of unbranched alkanes of at least 4 members (excludes halogenated alkanes) is 2. The molecule has 0 aliphatic carbocycles. The Morgan fingerprint density at radius 2 is 2.05 bits per heavy atom. The molecule has 0 radical (unpaired) electrons. The summed E-state index contributed by atoms with van der Waals surface area (Å²) in [5.41, 5.74) is 2.44. The highest BCUT2D eigenvalue weighted by Gasteiger charge is 2.33. The fraction of sp³-hybridized carbons (Fsp3) is 0.407. The van der Waals surface area contributed by atoms with E-state index in [0.717, 1.165) is 55.5 Å². The summed E-state index contributed by atoms with van der Waals surface area (Å²) in [7, 11) is 0. The van der Waals surface area contributed by atoms with E-state index in [1.54, 1.807) is 10.8 Å². The van der Waals surface area contributed by atoms with E-state index >= 15 is 0 Å². The minimum atomic E-state index is -0.448. The van der Waals surface area contributed by atoms with Crippen LogP contribution in [0.5, 0.6) is 0 Å². The van der Waals surface area contributed by atoms with Gasteiger partial charge in [-0.05, 0) is 42.5 Å². The van der Waals surface area contributed by atoms with Gasteiger partial charge in [-0.15, -0.1) is 10.2 Å². The average molecular weight is 500 g/mol. The molecule has 1 N–H and O–H groups in total. The summed E-state index contributed by atoms with van der Waals surface area (Å²) in [5.74, 6) is 1.21. The molecular weight excluding hydrogens is 466 g/mol. The molecule has 5 rings (SSSR count). The van der Waals surface area contributed by atoms with E-state index < -0.39 is 5.41 Å². The Balaban J connectivity index is 1.58. The maximum Gasteiger partial charge on any atom is 0.335 e. The van der Waals surface area contributed by atoms with E-state index in [9.17, 15) is 4.79 Å². The van der Waals surface area contributed by atoms with E-state index in [-0.39, 0.29) is 5.69 Å². The summed E-state index contributed by atoms with van der Waals surface area (Å²) in [5, 5.41) is 14.5. The number of aliphatic imine (C=N–C) groups is 1. The first-order valence-electron chi connectivity index (χ1n) is 13.0. The Morgan fingerprint density at radius 3 is 2.81 bits per heavy atom. The van der Waals surface area contributed by atoms with Gasteiger partial charge < -0.3 is 4.57 Å². The van der Waals surface area contributed by atoms with Crippen LogP contribution in [0.25, 0.3) is 17.3 Å². The van der Waals surface area contributed by atoms with Crippen LogP contribution in [0.2, 0.25) is 0 Å². The second kappa shape index (κ2) is 10.9. The first kappa shape index (κ1) is 24.6. The van der Waals surface area contributed by atoms with Crippen molar-refractivity contribution in [2.24, 2.45) is 4.99 Å². The van der Waals surface area contributed by atoms with Gasteiger partial charge in [-0.25, -0.2) is 14.3 Å². The molecule has 0 amide bonds. The van der Waals surface area contributed by atoms with Crippen LogP contribution >= 0.6 is 0 Å². The molecule has 0 bridgehead atoms. The summed E-state index contributed by atoms with van der Waals surface area (Å²) in [6, 6.07) is 8.14. The summed E-state index contributed by atoms with van der Waals surface area (Å²) < 4.78 is 5.71. The van der Waals surface area contributed by atoms with Gasteiger partial charge in [0.2, 0.25) is 11.8 Å². The van der Waals surface area contributed by atoms with Crippen LogP contribution in [0.15, 0.2) is 64.9 Å². The zero-order chi connectivity index (χ0) is 25.7. The van der Waals surface area contributed by atoms with Gasteiger partial charge in [0.1, 0.15) is 0 Å². The normalized spacial score (nSPS) is 17.0. The van der Waals surface area contributed by atoms with Gasteiger partial charge in [0.15, 0.2) is 0 Å². The predicted octanol–water partition coefficient (Wildman–Crippen LogP) is 4.08. The molecule has 1 aliphatic heterocycles. The Labute approximate surface area is 215 Å². The Bertz CT molecular complexity index is 1440. The SMILES string of the molecule is CCCCc1cn(-c2nccn2CCCC)c(=O)n1CC1(c2cccc(-c3nn[nH]n3)c2)C=CN=CC1. The van der Waals surface area contributed by atoms with E-state index in [0.29, 0.717) is 24.7 Å². The monoisotopic (exact) mass is 499 g/mol. The number of aromatic nitrogens is 8. The second-order valence-corrected chi connectivity index (χ2v) is 9.56. The zero-order valence-electron chi connectivity index (χ0n) is 21.4. The van der Waals surface area contributed by atoms with Crippen molar-refractivity contribution in [3.63, 3.8) is 0 Å². The van der Waals surface area contributed by atoms with Crippen LogP contribution < -0.4 is 5.69 Å². The van der Waals surface area contributed by atoms with Gasteiger partial charge in [0.25, 0.3) is 0 Å². The lowest BCUT2D eigenvalue weighted by Gasteiger charge is -2.32. The topological polar surface area (TPSA) is 112 Å². The van der Waals surface area contributed by atoms with Crippen molar-refractivity contribution in [3.8, 4) is 17.3 Å². The second-order valence-electron chi connectivity index (χ2n) is 9.56. The molecule has 3 aromatic heterocycles. The van der Waals surface area contributed by atoms with E-state index in [1.165, 1.54) is 0 Å². The fourth-order valence-electron chi connectivity index (χ4n) is 4.91. The standard InChI is InChI=1S/C27H33N9O/c1-3-5-10-23-19-35(25-29-15-17-34(25)16-6-4-2)26(37)36(23)20-27(11-13-28-14-12-27)22-9-7-8-21(18-22)24-30-32-33-31-24/h7-9,11,13-15,17-19H,3-6,10,12,16,20H2,1-2H3,(H,30,31,32,33). The van der Waals surface area contributed by atoms with E-state index in [2.05, 4.69) is 67.2 Å². The third-order valence-corrected chi connectivity index (χ3v) is 7.03. The van der Waals surface area contributed by atoms with Crippen LogP contribution in [-0.4, -0.2) is 45.5 Å². The Morgan fingerprint density at radius 1 is 1.16 bits per heavy atom. The van der Waals surface area contributed by atoms with Gasteiger partial charge in [0, 0.05) is 60.8 Å². The smallest absolute Gasteiger partial charge is 0.317 e. The molecule has 0 fully saturated rings. The average Bonchev–Trinajstić information content (AvgIpc) is 3.69. The maximum absolute atomic E-state index is 14.0. The highest BCUT2D eigenvalue weighted by atomic mass is 16.1. The number of tetrazole rings is 1. The number of H-pyrrole nitrogens is 1. The van der Waals surface area contributed by atoms with Crippen LogP contribution in [0.3, 0.4) is 0 Å². The molecule has 10 nitrogen and oxygen atoms in total. The number of benzene rings is 1. The van der Waals surface area contributed by atoms with Crippen LogP contribution in [0.1, 0.15) is 57.2 Å². The molecule has 0 saturated carbocycles. The summed E-state index contributed by atoms with van der Waals surface area (Å²) >= 11 is 0. The minimum absolute atomic E-state index is 0.0698. The number of imidazole rings is 2. The van der Waals surface area contributed by atoms with Gasteiger partial charge in [-0.1, -0.05) is 51.0 Å². The lowest BCUT2D eigenvalue weighted by molar-refractivity contribution is 0.438. The molecule has 10 heteroatoms. The molecular formula is C27H33N9O. The molecule has 4 aromatic rings. The van der Waals surface area contributed by atoms with E-state index in [4.69, 9.17) is 0 Å². The van der Waals surface area contributed by atoms with Crippen LogP contribution in [-0.2, 0) is 24.9 Å². The zero-order valence-corrected chi connectivity index (χ0v) is 21.4. The molecule has 0 spiro atoms. The van der Waals surface area contributed by atoms with Crippen molar-refractivity contribution in [2.45, 2.75) is 70.9 Å². The van der Waals surface area contributed by atoms with Crippen molar-refractivity contribution in [3.05, 3.63) is 76.9 Å². The number of allylic oxidation sites excluding steroid dienone is 1. The molecule has 1 unspecified atom stereocenters. The lowest BCUT2D eigenvalue weighted by Crippen LogP contribution is -2.37. The molecule has 1 aromatic carbocycles. The minimum Gasteiger partial charge on any atom is -0.317 e. The lowest BCUT2D eigenvalue weighted by atomic mass is 9.76. The predicted molar refractivity (Wildman–Crippen MR) is 143 cm³/mol. The Kier molecular flexibility index (Phi) is 7.25. The molecule has 4 heterocycles. The summed E-state index contributed by atoms with van der Waals surface area (Å²) in [4.78, 5) is 22.9. The summed E-state index contributed by atoms with van der Waals surface area (Å²) in [6.07, 6.45) is 17.2. The van der Waals surface area contributed by atoms with Gasteiger partial charge in [0.05, 0.1) is 0 Å². The van der Waals surface area contributed by atoms with Crippen molar-refractivity contribution in [2.75, 3.05) is 0 Å². The Hall–Kier alpha value is -4.08. The number of hydrogen-bond acceptors (Lipinski definition) is 6. The first-order valence-corrected chi connectivity index (χ1v) is 13.0. The number of aromatic amines is 1. The highest BCUT2D eigenvalue weighted by molar-refractivity contribution is 5.65. The largest absolute Gasteiger partial charge is 0.335 e. The molecule has 192 valence electrons. The number of nitrogens with zero attached hydrogens (tertiary/aromatic N) is 8. The van der Waals surface area contributed by atoms with Crippen molar-refractivity contribution in [1.82, 2.24) is 39.3 Å². The van der Waals surface area contributed by atoms with Gasteiger partial charge in [-0.3, -0.25) is 9.56 Å². The number of nitrogens with one attached hydrogen (secondary N) is 1. The molecule has 1 aliphatic rings. The maximum atomic E-state index is 14.0. The van der Waals surface area contributed by atoms with Crippen molar-refractivity contribution < 1.29 is 0 Å². The number of aryl methyl sites for hydroxylation is 2. The third kappa shape index (κ3) is 4.96.